The maximum absolute atomic E-state index is 11.8. The summed E-state index contributed by atoms with van der Waals surface area (Å²) in [6.45, 7) is 3.26. The molecule has 1 aromatic rings. The van der Waals surface area contributed by atoms with Gasteiger partial charge in [-0.15, -0.1) is 0 Å². The van der Waals surface area contributed by atoms with Crippen LogP contribution < -0.4 is 4.72 Å². The number of aliphatic hydroxyl groups is 1. The van der Waals surface area contributed by atoms with E-state index in [9.17, 15) is 18.3 Å². The predicted octanol–water partition coefficient (Wildman–Crippen LogP) is 0.965. The lowest BCUT2D eigenvalue weighted by Gasteiger charge is -2.21. The molecule has 0 fully saturated rings. The molecule has 6 nitrogen and oxygen atoms in total. The van der Waals surface area contributed by atoms with Crippen LogP contribution in [0, 0.1) is 0 Å². The van der Waals surface area contributed by atoms with E-state index in [0.29, 0.717) is 12.0 Å². The van der Waals surface area contributed by atoms with Gasteiger partial charge < -0.3 is 10.2 Å². The highest BCUT2D eigenvalue weighted by Crippen LogP contribution is 2.10. The van der Waals surface area contributed by atoms with E-state index < -0.39 is 21.6 Å². The zero-order valence-corrected chi connectivity index (χ0v) is 12.3. The number of carboxylic acids is 1. The molecule has 0 saturated carbocycles. The van der Waals surface area contributed by atoms with Crippen LogP contribution in [0.3, 0.4) is 0 Å². The van der Waals surface area contributed by atoms with E-state index in [1.165, 1.54) is 24.3 Å². The van der Waals surface area contributed by atoms with E-state index >= 15 is 0 Å². The molecule has 0 aliphatic carbocycles. The average Bonchev–Trinajstić information content (AvgIpc) is 2.37. The highest BCUT2D eigenvalue weighted by molar-refractivity contribution is 7.88. The summed E-state index contributed by atoms with van der Waals surface area (Å²) in [6, 6.07) is 5.63. The number of benzene rings is 1. The molecule has 3 N–H and O–H groups in total. The first-order chi connectivity index (χ1) is 9.15. The van der Waals surface area contributed by atoms with E-state index in [0.717, 1.165) is 0 Å². The van der Waals surface area contributed by atoms with E-state index in [4.69, 9.17) is 5.11 Å². The second-order valence-corrected chi connectivity index (χ2v) is 6.74. The lowest BCUT2D eigenvalue weighted by Crippen LogP contribution is -2.40. The number of hydrogen-bond donors (Lipinski definition) is 3. The van der Waals surface area contributed by atoms with Gasteiger partial charge in [-0.1, -0.05) is 19.1 Å². The van der Waals surface area contributed by atoms with E-state index in [2.05, 4.69) is 4.72 Å². The highest BCUT2D eigenvalue weighted by atomic mass is 32.2. The summed E-state index contributed by atoms with van der Waals surface area (Å²) in [7, 11) is -3.57. The molecule has 0 amide bonds. The summed E-state index contributed by atoms with van der Waals surface area (Å²) >= 11 is 0. The second-order valence-electron chi connectivity index (χ2n) is 4.93. The standard InChI is InChI=1S/C13H19NO5S/c1-3-13(2,17)9-14-20(18,19)8-10-4-6-11(7-5-10)12(15)16/h4-7,14,17H,3,8-9H2,1-2H3,(H,15,16). The van der Waals surface area contributed by atoms with Crippen molar-refractivity contribution < 1.29 is 23.4 Å². The molecule has 0 radical (unpaired) electrons. The normalized spacial score (nSPS) is 14.8. The molecule has 0 aromatic heterocycles. The van der Waals surface area contributed by atoms with Crippen molar-refractivity contribution in [1.29, 1.82) is 0 Å². The van der Waals surface area contributed by atoms with Gasteiger partial charge in [-0.2, -0.15) is 0 Å². The topological polar surface area (TPSA) is 104 Å². The van der Waals surface area contributed by atoms with Crippen LogP contribution in [0.2, 0.25) is 0 Å². The van der Waals surface area contributed by atoms with Gasteiger partial charge in [0.05, 0.1) is 16.9 Å². The highest BCUT2D eigenvalue weighted by Gasteiger charge is 2.21. The first kappa shape index (κ1) is 16.6. The quantitative estimate of drug-likeness (QED) is 0.696. The summed E-state index contributed by atoms with van der Waals surface area (Å²) in [5.41, 5.74) is -0.494. The Hall–Kier alpha value is -1.44. The van der Waals surface area contributed by atoms with Gasteiger partial charge in [-0.3, -0.25) is 0 Å². The van der Waals surface area contributed by atoms with Crippen LogP contribution in [0.15, 0.2) is 24.3 Å². The smallest absolute Gasteiger partial charge is 0.335 e. The lowest BCUT2D eigenvalue weighted by atomic mass is 10.1. The van der Waals surface area contributed by atoms with E-state index in [1.807, 2.05) is 0 Å². The summed E-state index contributed by atoms with van der Waals surface area (Å²) in [5, 5.41) is 18.5. The van der Waals surface area contributed by atoms with Crippen LogP contribution in [0.4, 0.5) is 0 Å². The fourth-order valence-corrected chi connectivity index (χ4v) is 2.67. The second kappa shape index (κ2) is 6.34. The fourth-order valence-electron chi connectivity index (χ4n) is 1.40. The Morgan fingerprint density at radius 3 is 2.30 bits per heavy atom. The Kier molecular flexibility index (Phi) is 5.27. The van der Waals surface area contributed by atoms with Gasteiger partial charge in [0.1, 0.15) is 0 Å². The summed E-state index contributed by atoms with van der Waals surface area (Å²) in [4.78, 5) is 10.7. The van der Waals surface area contributed by atoms with Crippen LogP contribution in [0.5, 0.6) is 0 Å². The Bertz CT molecular complexity index is 563. The molecule has 1 atom stereocenters. The molecular weight excluding hydrogens is 282 g/mol. The minimum atomic E-state index is -3.57. The third kappa shape index (κ3) is 5.28. The maximum atomic E-state index is 11.8. The van der Waals surface area contributed by atoms with E-state index in [1.54, 1.807) is 13.8 Å². The molecular formula is C13H19NO5S. The van der Waals surface area contributed by atoms with Gasteiger partial charge in [0.25, 0.3) is 0 Å². The van der Waals surface area contributed by atoms with Crippen molar-refractivity contribution in [3.8, 4) is 0 Å². The van der Waals surface area contributed by atoms with Crippen LogP contribution in [0.25, 0.3) is 0 Å². The monoisotopic (exact) mass is 301 g/mol. The van der Waals surface area contributed by atoms with Gasteiger partial charge >= 0.3 is 5.97 Å². The molecule has 0 saturated heterocycles. The first-order valence-electron chi connectivity index (χ1n) is 6.17. The summed E-state index contributed by atoms with van der Waals surface area (Å²) < 4.78 is 26.0. The Labute approximate surface area is 118 Å². The minimum absolute atomic E-state index is 0.0565. The van der Waals surface area contributed by atoms with Crippen molar-refractivity contribution >= 4 is 16.0 Å². The molecule has 0 aliphatic rings. The number of nitrogens with one attached hydrogen (secondary N) is 1. The number of carboxylic acid groups (broad SMARTS) is 1. The molecule has 0 heterocycles. The SMILES string of the molecule is CCC(C)(O)CNS(=O)(=O)Cc1ccc(C(=O)O)cc1. The number of aromatic carboxylic acids is 1. The van der Waals surface area contributed by atoms with Crippen LogP contribution >= 0.6 is 0 Å². The Morgan fingerprint density at radius 2 is 1.85 bits per heavy atom. The van der Waals surface area contributed by atoms with Gasteiger partial charge in [-0.25, -0.2) is 17.9 Å². The number of hydrogen-bond acceptors (Lipinski definition) is 4. The van der Waals surface area contributed by atoms with Crippen LogP contribution in [-0.4, -0.2) is 36.7 Å². The van der Waals surface area contributed by atoms with Crippen molar-refractivity contribution in [3.63, 3.8) is 0 Å². The Morgan fingerprint density at radius 1 is 1.30 bits per heavy atom. The zero-order valence-electron chi connectivity index (χ0n) is 11.5. The van der Waals surface area contributed by atoms with Crippen molar-refractivity contribution in [2.45, 2.75) is 31.6 Å². The van der Waals surface area contributed by atoms with Crippen molar-refractivity contribution in [1.82, 2.24) is 4.72 Å². The van der Waals surface area contributed by atoms with Gasteiger partial charge in [-0.05, 0) is 31.0 Å². The zero-order chi connectivity index (χ0) is 15.4. The molecule has 1 rings (SSSR count). The molecule has 1 aromatic carbocycles. The lowest BCUT2D eigenvalue weighted by molar-refractivity contribution is 0.0613. The fraction of sp³-hybridized carbons (Fsp3) is 0.462. The first-order valence-corrected chi connectivity index (χ1v) is 7.82. The Balaban J connectivity index is 2.69. The maximum Gasteiger partial charge on any atom is 0.335 e. The molecule has 0 bridgehead atoms. The molecule has 0 aliphatic heterocycles. The van der Waals surface area contributed by atoms with Crippen LogP contribution in [-0.2, 0) is 15.8 Å². The van der Waals surface area contributed by atoms with Gasteiger partial charge in [0.15, 0.2) is 0 Å². The third-order valence-electron chi connectivity index (χ3n) is 2.99. The average molecular weight is 301 g/mol. The molecule has 112 valence electrons. The minimum Gasteiger partial charge on any atom is -0.478 e. The van der Waals surface area contributed by atoms with Gasteiger partial charge in [0, 0.05) is 6.54 Å². The number of sulfonamides is 1. The van der Waals surface area contributed by atoms with E-state index in [-0.39, 0.29) is 17.9 Å². The molecule has 7 heteroatoms. The molecule has 0 spiro atoms. The summed E-state index contributed by atoms with van der Waals surface area (Å²) in [6.07, 6.45) is 0.433. The predicted molar refractivity (Wildman–Crippen MR) is 74.9 cm³/mol. The number of rotatable bonds is 7. The van der Waals surface area contributed by atoms with Gasteiger partial charge in [0.2, 0.25) is 10.0 Å². The van der Waals surface area contributed by atoms with Crippen molar-refractivity contribution in [3.05, 3.63) is 35.4 Å². The molecule has 1 unspecified atom stereocenters. The molecule has 20 heavy (non-hydrogen) atoms. The number of carbonyl (C=O) groups is 1. The third-order valence-corrected chi connectivity index (χ3v) is 4.29. The van der Waals surface area contributed by atoms with Crippen LogP contribution in [0.1, 0.15) is 36.2 Å². The summed E-state index contributed by atoms with van der Waals surface area (Å²) in [5.74, 6) is -1.32. The van der Waals surface area contributed by atoms with Crippen molar-refractivity contribution in [2.75, 3.05) is 6.54 Å². The van der Waals surface area contributed by atoms with Crippen molar-refractivity contribution in [2.24, 2.45) is 0 Å². The largest absolute Gasteiger partial charge is 0.478 e.